The van der Waals surface area contributed by atoms with E-state index in [0.717, 1.165) is 0 Å². The number of ketones is 1. The summed E-state index contributed by atoms with van der Waals surface area (Å²) in [6.07, 6.45) is 0. The molecule has 28 heavy (non-hydrogen) atoms. The van der Waals surface area contributed by atoms with Gasteiger partial charge in [-0.3, -0.25) is 9.59 Å². The van der Waals surface area contributed by atoms with Crippen molar-refractivity contribution in [1.82, 2.24) is 9.78 Å². The Kier molecular flexibility index (Phi) is 5.54. The molecule has 0 aliphatic heterocycles. The lowest BCUT2D eigenvalue weighted by molar-refractivity contribution is 0.0463. The molecule has 0 bridgehead atoms. The smallest absolute Gasteiger partial charge is 0.359 e. The molecule has 0 N–H and O–H groups in total. The highest BCUT2D eigenvalue weighted by molar-refractivity contribution is 6.02. The molecule has 0 fully saturated rings. The molecule has 0 spiro atoms. The van der Waals surface area contributed by atoms with E-state index in [1.54, 1.807) is 49.4 Å². The quantitative estimate of drug-likeness (QED) is 0.483. The van der Waals surface area contributed by atoms with Crippen LogP contribution in [0, 0.1) is 0 Å². The number of nitrogens with zero attached hydrogens (tertiary/aromatic N) is 2. The van der Waals surface area contributed by atoms with Crippen molar-refractivity contribution in [2.45, 2.75) is 27.0 Å². The molecule has 7 heteroatoms. The fourth-order valence-electron chi connectivity index (χ4n) is 2.92. The Bertz CT molecular complexity index is 1120. The lowest BCUT2D eigenvalue weighted by atomic mass is 10.1. The van der Waals surface area contributed by atoms with Gasteiger partial charge < -0.3 is 9.47 Å². The Morgan fingerprint density at radius 2 is 1.82 bits per heavy atom. The first-order valence-corrected chi connectivity index (χ1v) is 8.81. The zero-order valence-corrected chi connectivity index (χ0v) is 15.9. The van der Waals surface area contributed by atoms with Gasteiger partial charge in [0.25, 0.3) is 5.56 Å². The van der Waals surface area contributed by atoms with Crippen molar-refractivity contribution in [1.29, 1.82) is 0 Å². The van der Waals surface area contributed by atoms with Gasteiger partial charge in [0.2, 0.25) is 0 Å². The number of aryl methyl sites for hydroxylation is 1. The third-order valence-electron chi connectivity index (χ3n) is 4.41. The normalized spacial score (nSPS) is 10.7. The Morgan fingerprint density at radius 1 is 1.11 bits per heavy atom. The lowest BCUT2D eigenvalue weighted by Crippen LogP contribution is -2.25. The Morgan fingerprint density at radius 3 is 2.46 bits per heavy atom. The maximum absolute atomic E-state index is 12.7. The van der Waals surface area contributed by atoms with Crippen molar-refractivity contribution in [3.05, 3.63) is 69.6 Å². The maximum atomic E-state index is 12.7. The summed E-state index contributed by atoms with van der Waals surface area (Å²) in [6.45, 7) is 3.47. The van der Waals surface area contributed by atoms with Crippen LogP contribution in [0.2, 0.25) is 0 Å². The van der Waals surface area contributed by atoms with E-state index in [2.05, 4.69) is 5.10 Å². The molecule has 7 nitrogen and oxygen atoms in total. The summed E-state index contributed by atoms with van der Waals surface area (Å²) in [4.78, 5) is 36.7. The van der Waals surface area contributed by atoms with Crippen LogP contribution < -0.4 is 10.3 Å². The van der Waals surface area contributed by atoms with E-state index in [-0.39, 0.29) is 23.6 Å². The number of carbonyl (C=O) groups is 2. The highest BCUT2D eigenvalue weighted by atomic mass is 16.5. The van der Waals surface area contributed by atoms with Crippen LogP contribution in [0.3, 0.4) is 0 Å². The second-order valence-corrected chi connectivity index (χ2v) is 6.17. The minimum absolute atomic E-state index is 0.0683. The molecular formula is C21H20N2O5. The summed E-state index contributed by atoms with van der Waals surface area (Å²) in [5, 5.41) is 5.01. The number of fused-ring (bicyclic) bond motifs is 1. The van der Waals surface area contributed by atoms with E-state index >= 15 is 0 Å². The van der Waals surface area contributed by atoms with Crippen LogP contribution >= 0.6 is 0 Å². The topological polar surface area (TPSA) is 87.5 Å². The van der Waals surface area contributed by atoms with Crippen LogP contribution in [0.4, 0.5) is 0 Å². The van der Waals surface area contributed by atoms with Crippen LogP contribution in [0.15, 0.2) is 47.3 Å². The van der Waals surface area contributed by atoms with Gasteiger partial charge in [-0.1, -0.05) is 18.2 Å². The first kappa shape index (κ1) is 19.3. The molecule has 0 aliphatic rings. The summed E-state index contributed by atoms with van der Waals surface area (Å²) in [6, 6.07) is 11.7. The average Bonchev–Trinajstić information content (AvgIpc) is 2.72. The molecule has 0 atom stereocenters. The Balaban J connectivity index is 1.95. The highest BCUT2D eigenvalue weighted by Crippen LogP contribution is 2.22. The number of ether oxygens (including phenoxy) is 2. The molecule has 0 amide bonds. The largest absolute Gasteiger partial charge is 0.496 e. The zero-order valence-electron chi connectivity index (χ0n) is 15.9. The minimum atomic E-state index is -0.659. The van der Waals surface area contributed by atoms with Crippen LogP contribution in [0.1, 0.15) is 40.3 Å². The summed E-state index contributed by atoms with van der Waals surface area (Å²) < 4.78 is 11.9. The molecule has 144 valence electrons. The highest BCUT2D eigenvalue weighted by Gasteiger charge is 2.18. The third kappa shape index (κ3) is 3.64. The summed E-state index contributed by atoms with van der Waals surface area (Å²) in [7, 11) is 1.50. The van der Waals surface area contributed by atoms with Crippen LogP contribution in [0.5, 0.6) is 5.75 Å². The van der Waals surface area contributed by atoms with Gasteiger partial charge in [-0.15, -0.1) is 0 Å². The zero-order chi connectivity index (χ0) is 20.3. The monoisotopic (exact) mass is 380 g/mol. The first-order chi connectivity index (χ1) is 13.5. The van der Waals surface area contributed by atoms with Crippen LogP contribution in [-0.4, -0.2) is 28.6 Å². The molecule has 0 saturated heterocycles. The van der Waals surface area contributed by atoms with Gasteiger partial charge in [0.05, 0.1) is 12.5 Å². The number of hydrogen-bond acceptors (Lipinski definition) is 6. The molecule has 0 radical (unpaired) electrons. The van der Waals surface area contributed by atoms with Gasteiger partial charge in [0.15, 0.2) is 11.5 Å². The number of benzene rings is 2. The SMILES string of the molecule is CCn1nc(C(=O)OCc2cc(C(C)=O)ccc2OC)c2ccccc2c1=O. The lowest BCUT2D eigenvalue weighted by Gasteiger charge is -2.12. The summed E-state index contributed by atoms with van der Waals surface area (Å²) >= 11 is 0. The number of Topliss-reactive ketones (excluding diaryl/α,β-unsaturated/α-hetero) is 1. The predicted molar refractivity (Wildman–Crippen MR) is 104 cm³/mol. The molecule has 3 rings (SSSR count). The van der Waals surface area contributed by atoms with E-state index in [0.29, 0.717) is 34.2 Å². The van der Waals surface area contributed by atoms with E-state index in [1.807, 2.05) is 0 Å². The van der Waals surface area contributed by atoms with E-state index in [4.69, 9.17) is 9.47 Å². The maximum Gasteiger partial charge on any atom is 0.359 e. The van der Waals surface area contributed by atoms with Crippen molar-refractivity contribution in [2.24, 2.45) is 0 Å². The predicted octanol–water partition coefficient (Wildman–Crippen LogP) is 2.98. The number of carbonyl (C=O) groups excluding carboxylic acids is 2. The fourth-order valence-corrected chi connectivity index (χ4v) is 2.92. The molecule has 1 heterocycles. The van der Waals surface area contributed by atoms with Gasteiger partial charge in [0.1, 0.15) is 12.4 Å². The van der Waals surface area contributed by atoms with Crippen LogP contribution in [0.25, 0.3) is 10.8 Å². The van der Waals surface area contributed by atoms with Gasteiger partial charge in [-0.25, -0.2) is 9.48 Å². The Labute approximate surface area is 161 Å². The molecule has 3 aromatic rings. The summed E-state index contributed by atoms with van der Waals surface area (Å²) in [5.41, 5.74) is 0.871. The van der Waals surface area contributed by atoms with Gasteiger partial charge in [-0.2, -0.15) is 5.10 Å². The van der Waals surface area contributed by atoms with Gasteiger partial charge in [0, 0.05) is 23.1 Å². The number of rotatable bonds is 6. The van der Waals surface area contributed by atoms with Crippen molar-refractivity contribution in [2.75, 3.05) is 7.11 Å². The molecule has 0 aliphatic carbocycles. The Hall–Kier alpha value is -3.48. The van der Waals surface area contributed by atoms with Crippen molar-refractivity contribution < 1.29 is 19.1 Å². The second-order valence-electron chi connectivity index (χ2n) is 6.17. The summed E-state index contributed by atoms with van der Waals surface area (Å²) in [5.74, 6) is -0.249. The standard InChI is InChI=1S/C21H20N2O5/c1-4-23-20(25)17-8-6-5-7-16(17)19(22-23)21(26)28-12-15-11-14(13(2)24)9-10-18(15)27-3/h5-11H,4,12H2,1-3H3. The molecular weight excluding hydrogens is 360 g/mol. The number of esters is 1. The van der Waals surface area contributed by atoms with Crippen molar-refractivity contribution in [3.63, 3.8) is 0 Å². The van der Waals surface area contributed by atoms with E-state index in [9.17, 15) is 14.4 Å². The van der Waals surface area contributed by atoms with E-state index < -0.39 is 5.97 Å². The minimum Gasteiger partial charge on any atom is -0.496 e. The van der Waals surface area contributed by atoms with Gasteiger partial charge >= 0.3 is 5.97 Å². The number of hydrogen-bond donors (Lipinski definition) is 0. The number of aromatic nitrogens is 2. The van der Waals surface area contributed by atoms with Crippen LogP contribution in [-0.2, 0) is 17.9 Å². The molecule has 0 unspecified atom stereocenters. The average molecular weight is 380 g/mol. The van der Waals surface area contributed by atoms with Crippen molar-refractivity contribution in [3.8, 4) is 5.75 Å². The number of methoxy groups -OCH3 is 1. The molecule has 2 aromatic carbocycles. The van der Waals surface area contributed by atoms with Gasteiger partial charge in [-0.05, 0) is 38.1 Å². The van der Waals surface area contributed by atoms with Crippen molar-refractivity contribution >= 4 is 22.5 Å². The fraction of sp³-hybridized carbons (Fsp3) is 0.238. The third-order valence-corrected chi connectivity index (χ3v) is 4.41. The molecule has 0 saturated carbocycles. The van der Waals surface area contributed by atoms with E-state index in [1.165, 1.54) is 18.7 Å². The molecule has 1 aromatic heterocycles. The second kappa shape index (κ2) is 8.04. The first-order valence-electron chi connectivity index (χ1n) is 8.81.